The summed E-state index contributed by atoms with van der Waals surface area (Å²) in [6.07, 6.45) is 1.90. The van der Waals surface area contributed by atoms with E-state index in [0.717, 1.165) is 29.5 Å². The largest absolute Gasteiger partial charge is 0.298 e. The van der Waals surface area contributed by atoms with Crippen LogP contribution in [0.15, 0.2) is 120 Å². The minimum Gasteiger partial charge on any atom is -0.298 e. The third-order valence-corrected chi connectivity index (χ3v) is 6.01. The minimum absolute atomic E-state index is 0.718. The van der Waals surface area contributed by atoms with Gasteiger partial charge in [-0.3, -0.25) is 9.79 Å². The van der Waals surface area contributed by atoms with E-state index in [9.17, 15) is 4.79 Å². The lowest BCUT2D eigenvalue weighted by Gasteiger charge is -2.15. The molecule has 0 aromatic heterocycles. The second kappa shape index (κ2) is 13.0. The summed E-state index contributed by atoms with van der Waals surface area (Å²) in [7, 11) is 1.87. The maximum absolute atomic E-state index is 10.7. The Morgan fingerprint density at radius 2 is 1.37 bits per heavy atom. The molecule has 0 saturated heterocycles. The molecule has 0 atom stereocenters. The second-order valence-electron chi connectivity index (χ2n) is 8.37. The second-order valence-corrected chi connectivity index (χ2v) is 8.37. The first-order chi connectivity index (χ1) is 17.1. The predicted octanol–water partition coefficient (Wildman–Crippen LogP) is 8.46. The number of benzene rings is 4. The summed E-state index contributed by atoms with van der Waals surface area (Å²) >= 11 is 0. The summed E-state index contributed by atoms with van der Waals surface area (Å²) < 4.78 is 0. The Morgan fingerprint density at radius 1 is 0.771 bits per heavy atom. The molecule has 0 radical (unpaired) electrons. The lowest BCUT2D eigenvalue weighted by Crippen LogP contribution is -2.06. The van der Waals surface area contributed by atoms with Gasteiger partial charge in [-0.2, -0.15) is 0 Å². The van der Waals surface area contributed by atoms with Crippen molar-refractivity contribution in [3.63, 3.8) is 0 Å². The Balaban J connectivity index is 0.000000203. The third-order valence-electron chi connectivity index (χ3n) is 6.01. The Labute approximate surface area is 209 Å². The number of aliphatic imine (C=N–C) groups is 1. The smallest absolute Gasteiger partial charge is 0.150 e. The van der Waals surface area contributed by atoms with Crippen molar-refractivity contribution in [3.05, 3.63) is 137 Å². The van der Waals surface area contributed by atoms with Crippen LogP contribution in [0.1, 0.15) is 47.3 Å². The molecule has 0 unspecified atom stereocenters. The number of aryl methyl sites for hydroxylation is 1. The number of allylic oxidation sites excluding steroid dienone is 2. The molecule has 0 aliphatic rings. The summed E-state index contributed by atoms with van der Waals surface area (Å²) in [6, 6.07) is 36.7. The van der Waals surface area contributed by atoms with Gasteiger partial charge in [0.25, 0.3) is 0 Å². The van der Waals surface area contributed by atoms with Gasteiger partial charge in [0.15, 0.2) is 0 Å². The Morgan fingerprint density at radius 3 is 1.94 bits per heavy atom. The quantitative estimate of drug-likeness (QED) is 0.210. The first-order valence-electron chi connectivity index (χ1n) is 12.0. The third kappa shape index (κ3) is 6.74. The Hall–Kier alpha value is -4.04. The first kappa shape index (κ1) is 25.6. The standard InChI is InChI=1S/C19H21N.C14H12O/c1-4-15(2)18(16-11-7-5-8-12-16)19(20-3)17-13-9-6-10-14-17;1-11-5-2-3-8-14(11)13-7-4-6-12(9-13)10-15/h5-14H,4H2,1-3H3;2-10H,1H3/b18-15+,20-19?;. The molecule has 0 heterocycles. The number of nitrogens with zero attached hydrogens (tertiary/aromatic N) is 1. The lowest BCUT2D eigenvalue weighted by molar-refractivity contribution is 0.112. The van der Waals surface area contributed by atoms with Crippen molar-refractivity contribution < 1.29 is 4.79 Å². The maximum atomic E-state index is 10.7. The molecule has 0 amide bonds. The summed E-state index contributed by atoms with van der Waals surface area (Å²) in [5.74, 6) is 0. The van der Waals surface area contributed by atoms with E-state index in [0.29, 0.717) is 0 Å². The Kier molecular flexibility index (Phi) is 9.50. The summed E-state index contributed by atoms with van der Waals surface area (Å²) in [5.41, 5.74) is 10.3. The number of carbonyl (C=O) groups is 1. The summed E-state index contributed by atoms with van der Waals surface area (Å²) in [5, 5.41) is 0. The van der Waals surface area contributed by atoms with Crippen LogP contribution < -0.4 is 0 Å². The molecular weight excluding hydrogens is 426 g/mol. The van der Waals surface area contributed by atoms with Gasteiger partial charge in [0, 0.05) is 23.7 Å². The summed E-state index contributed by atoms with van der Waals surface area (Å²) in [6.45, 7) is 6.45. The van der Waals surface area contributed by atoms with E-state index in [1.54, 1.807) is 0 Å². The van der Waals surface area contributed by atoms with E-state index in [4.69, 9.17) is 0 Å². The zero-order valence-electron chi connectivity index (χ0n) is 21.0. The average molecular weight is 460 g/mol. The highest BCUT2D eigenvalue weighted by Gasteiger charge is 2.13. The van der Waals surface area contributed by atoms with Crippen LogP contribution in [0, 0.1) is 6.92 Å². The van der Waals surface area contributed by atoms with Crippen LogP contribution in [0.25, 0.3) is 16.7 Å². The molecular formula is C33H33NO. The average Bonchev–Trinajstić information content (AvgIpc) is 2.93. The molecule has 4 aromatic carbocycles. The van der Waals surface area contributed by atoms with Crippen molar-refractivity contribution in [1.82, 2.24) is 0 Å². The van der Waals surface area contributed by atoms with Crippen molar-refractivity contribution in [1.29, 1.82) is 0 Å². The molecule has 0 N–H and O–H groups in total. The van der Waals surface area contributed by atoms with E-state index >= 15 is 0 Å². The van der Waals surface area contributed by atoms with Gasteiger partial charge in [0.05, 0.1) is 5.71 Å². The van der Waals surface area contributed by atoms with E-state index in [-0.39, 0.29) is 0 Å². The molecule has 0 saturated carbocycles. The highest BCUT2D eigenvalue weighted by molar-refractivity contribution is 6.32. The van der Waals surface area contributed by atoms with Gasteiger partial charge in [-0.15, -0.1) is 0 Å². The van der Waals surface area contributed by atoms with Crippen LogP contribution in [0.3, 0.4) is 0 Å². The lowest BCUT2D eigenvalue weighted by atomic mass is 9.91. The van der Waals surface area contributed by atoms with Gasteiger partial charge in [-0.25, -0.2) is 0 Å². The molecule has 0 spiro atoms. The molecule has 0 fully saturated rings. The van der Waals surface area contributed by atoms with Gasteiger partial charge in [0.2, 0.25) is 0 Å². The van der Waals surface area contributed by atoms with Crippen molar-refractivity contribution in [2.75, 3.05) is 7.05 Å². The van der Waals surface area contributed by atoms with Crippen molar-refractivity contribution >= 4 is 17.6 Å². The molecule has 176 valence electrons. The van der Waals surface area contributed by atoms with E-state index < -0.39 is 0 Å². The molecule has 0 aliphatic carbocycles. The van der Waals surface area contributed by atoms with Crippen LogP contribution in [0.5, 0.6) is 0 Å². The summed E-state index contributed by atoms with van der Waals surface area (Å²) in [4.78, 5) is 15.2. The molecule has 0 aliphatic heterocycles. The molecule has 2 nitrogen and oxygen atoms in total. The predicted molar refractivity (Wildman–Crippen MR) is 150 cm³/mol. The molecule has 4 rings (SSSR count). The highest BCUT2D eigenvalue weighted by Crippen LogP contribution is 2.26. The number of hydrogen-bond acceptors (Lipinski definition) is 2. The number of rotatable bonds is 6. The zero-order chi connectivity index (χ0) is 25.0. The number of aldehydes is 1. The molecule has 0 bridgehead atoms. The van der Waals surface area contributed by atoms with Gasteiger partial charge in [-0.05, 0) is 48.6 Å². The van der Waals surface area contributed by atoms with Crippen LogP contribution in [-0.4, -0.2) is 19.0 Å². The minimum atomic E-state index is 0.718. The van der Waals surface area contributed by atoms with E-state index in [1.807, 2.05) is 55.6 Å². The fourth-order valence-electron chi connectivity index (χ4n) is 4.02. The number of carbonyl (C=O) groups excluding carboxylic acids is 1. The molecule has 4 aromatic rings. The van der Waals surface area contributed by atoms with Crippen molar-refractivity contribution in [2.45, 2.75) is 27.2 Å². The Bertz CT molecular complexity index is 1300. The molecule has 35 heavy (non-hydrogen) atoms. The zero-order valence-corrected chi connectivity index (χ0v) is 21.0. The van der Waals surface area contributed by atoms with E-state index in [2.05, 4.69) is 86.4 Å². The van der Waals surface area contributed by atoms with Gasteiger partial charge >= 0.3 is 0 Å². The van der Waals surface area contributed by atoms with Crippen molar-refractivity contribution in [2.24, 2.45) is 4.99 Å². The van der Waals surface area contributed by atoms with Crippen molar-refractivity contribution in [3.8, 4) is 11.1 Å². The van der Waals surface area contributed by atoms with E-state index in [1.165, 1.54) is 33.4 Å². The number of hydrogen-bond donors (Lipinski definition) is 0. The van der Waals surface area contributed by atoms with Crippen LogP contribution in [0.4, 0.5) is 0 Å². The van der Waals surface area contributed by atoms with Gasteiger partial charge < -0.3 is 0 Å². The van der Waals surface area contributed by atoms with Crippen LogP contribution in [-0.2, 0) is 0 Å². The normalized spacial score (nSPS) is 11.7. The van der Waals surface area contributed by atoms with Gasteiger partial charge in [0.1, 0.15) is 6.29 Å². The monoisotopic (exact) mass is 459 g/mol. The topological polar surface area (TPSA) is 29.4 Å². The van der Waals surface area contributed by atoms with Gasteiger partial charge in [-0.1, -0.05) is 116 Å². The fourth-order valence-corrected chi connectivity index (χ4v) is 4.02. The van der Waals surface area contributed by atoms with Crippen LogP contribution >= 0.6 is 0 Å². The fraction of sp³-hybridized carbons (Fsp3) is 0.152. The maximum Gasteiger partial charge on any atom is 0.150 e. The SMILES string of the molecule is CC/C(C)=C(/C(=NC)c1ccccc1)c1ccccc1.Cc1ccccc1-c1cccc(C=O)c1. The highest BCUT2D eigenvalue weighted by atomic mass is 16.1. The van der Waals surface area contributed by atoms with Crippen LogP contribution in [0.2, 0.25) is 0 Å². The molecule has 2 heteroatoms. The first-order valence-corrected chi connectivity index (χ1v) is 12.0.